The van der Waals surface area contributed by atoms with Crippen molar-refractivity contribution >= 4 is 0 Å². The molecule has 26 heavy (non-hydrogen) atoms. The van der Waals surface area contributed by atoms with Gasteiger partial charge in [-0.2, -0.15) is 0 Å². The minimum atomic E-state index is -0.623. The Kier molecular flexibility index (Phi) is 7.30. The molecule has 5 heteroatoms. The lowest BCUT2D eigenvalue weighted by atomic mass is 10.0. The fourth-order valence-electron chi connectivity index (χ4n) is 2.65. The molecule has 0 radical (unpaired) electrons. The summed E-state index contributed by atoms with van der Waals surface area (Å²) in [5.41, 5.74) is 3.57. The Balaban J connectivity index is 1.70. The molecule has 0 aliphatic heterocycles. The van der Waals surface area contributed by atoms with Crippen LogP contribution in [-0.2, 0) is 0 Å². The van der Waals surface area contributed by atoms with Gasteiger partial charge in [0.1, 0.15) is 36.6 Å². The first-order valence-corrected chi connectivity index (χ1v) is 8.90. The molecule has 0 aromatic heterocycles. The van der Waals surface area contributed by atoms with Crippen LogP contribution in [0.1, 0.15) is 22.3 Å². The van der Waals surface area contributed by atoms with E-state index in [1.807, 2.05) is 52.0 Å². The molecule has 0 saturated heterocycles. The minimum Gasteiger partial charge on any atom is -0.507 e. The van der Waals surface area contributed by atoms with Crippen LogP contribution in [0.15, 0.2) is 30.3 Å². The van der Waals surface area contributed by atoms with E-state index in [0.717, 1.165) is 28.0 Å². The average Bonchev–Trinajstić information content (AvgIpc) is 2.63. The zero-order chi connectivity index (χ0) is 19.1. The highest BCUT2D eigenvalue weighted by Gasteiger charge is 2.12. The molecule has 2 rings (SSSR count). The van der Waals surface area contributed by atoms with Gasteiger partial charge in [0.25, 0.3) is 0 Å². The summed E-state index contributed by atoms with van der Waals surface area (Å²) in [6, 6.07) is 9.69. The van der Waals surface area contributed by atoms with E-state index >= 15 is 0 Å². The van der Waals surface area contributed by atoms with Crippen molar-refractivity contribution in [3.8, 4) is 17.2 Å². The Hall–Kier alpha value is -2.24. The van der Waals surface area contributed by atoms with E-state index in [1.165, 1.54) is 0 Å². The number of ether oxygens (including phenoxy) is 2. The van der Waals surface area contributed by atoms with Gasteiger partial charge in [-0.05, 0) is 62.1 Å². The van der Waals surface area contributed by atoms with Gasteiger partial charge in [0.05, 0.1) is 0 Å². The van der Waals surface area contributed by atoms with E-state index in [9.17, 15) is 10.2 Å². The van der Waals surface area contributed by atoms with Gasteiger partial charge in [-0.3, -0.25) is 0 Å². The number of benzene rings is 2. The van der Waals surface area contributed by atoms with Gasteiger partial charge in [-0.25, -0.2) is 0 Å². The second kappa shape index (κ2) is 9.46. The Morgan fingerprint density at radius 2 is 1.69 bits per heavy atom. The van der Waals surface area contributed by atoms with Gasteiger partial charge in [0, 0.05) is 13.1 Å². The van der Waals surface area contributed by atoms with Crippen molar-refractivity contribution in [2.45, 2.75) is 33.8 Å². The van der Waals surface area contributed by atoms with Crippen LogP contribution in [0.25, 0.3) is 0 Å². The third-order valence-electron chi connectivity index (χ3n) is 4.45. The number of para-hydroxylation sites is 1. The Morgan fingerprint density at radius 1 is 0.962 bits per heavy atom. The number of phenols is 1. The topological polar surface area (TPSA) is 71.0 Å². The highest BCUT2D eigenvalue weighted by Crippen LogP contribution is 2.31. The molecule has 0 spiro atoms. The largest absolute Gasteiger partial charge is 0.507 e. The number of phenolic OH excluding ortho intramolecular Hbond substituents is 1. The van der Waals surface area contributed by atoms with Crippen LogP contribution in [0.5, 0.6) is 17.2 Å². The van der Waals surface area contributed by atoms with Gasteiger partial charge in [-0.15, -0.1) is 0 Å². The van der Waals surface area contributed by atoms with Crippen LogP contribution in [0.2, 0.25) is 0 Å². The van der Waals surface area contributed by atoms with E-state index in [0.29, 0.717) is 31.2 Å². The van der Waals surface area contributed by atoms with Crippen LogP contribution < -0.4 is 14.8 Å². The number of aryl methyl sites for hydroxylation is 2. The highest BCUT2D eigenvalue weighted by atomic mass is 16.5. The van der Waals surface area contributed by atoms with Crippen molar-refractivity contribution in [1.82, 2.24) is 5.32 Å². The highest BCUT2D eigenvalue weighted by molar-refractivity contribution is 5.51. The predicted octanol–water partition coefficient (Wildman–Crippen LogP) is 3.03. The molecule has 2 aromatic carbocycles. The monoisotopic (exact) mass is 359 g/mol. The standard InChI is InChI=1S/C21H29NO4/c1-14-7-5-6-8-19(14)25-10-9-22-12-18(23)13-26-20-11-15(2)21(24)17(4)16(20)3/h5-8,11,18,22-24H,9-10,12-13H2,1-4H3/t18-/m1/s1. The zero-order valence-corrected chi connectivity index (χ0v) is 16.0. The van der Waals surface area contributed by atoms with Gasteiger partial charge >= 0.3 is 0 Å². The fourth-order valence-corrected chi connectivity index (χ4v) is 2.65. The van der Waals surface area contributed by atoms with Crippen LogP contribution >= 0.6 is 0 Å². The summed E-state index contributed by atoms with van der Waals surface area (Å²) in [4.78, 5) is 0. The summed E-state index contributed by atoms with van der Waals surface area (Å²) in [5, 5.41) is 23.2. The third kappa shape index (κ3) is 5.38. The lowest BCUT2D eigenvalue weighted by Crippen LogP contribution is -2.33. The molecule has 3 N–H and O–H groups in total. The molecular formula is C21H29NO4. The molecular weight excluding hydrogens is 330 g/mol. The van der Waals surface area contributed by atoms with Crippen molar-refractivity contribution < 1.29 is 19.7 Å². The molecule has 0 bridgehead atoms. The fraction of sp³-hybridized carbons (Fsp3) is 0.429. The molecule has 0 heterocycles. The van der Waals surface area contributed by atoms with Gasteiger partial charge < -0.3 is 25.0 Å². The van der Waals surface area contributed by atoms with Crippen LogP contribution in [0.4, 0.5) is 0 Å². The molecule has 5 nitrogen and oxygen atoms in total. The quantitative estimate of drug-likeness (QED) is 0.600. The van der Waals surface area contributed by atoms with Gasteiger partial charge in [-0.1, -0.05) is 18.2 Å². The predicted molar refractivity (Wildman–Crippen MR) is 103 cm³/mol. The normalized spacial score (nSPS) is 12.0. The summed E-state index contributed by atoms with van der Waals surface area (Å²) in [7, 11) is 0. The Labute approximate surface area is 155 Å². The van der Waals surface area contributed by atoms with Crippen LogP contribution in [0.3, 0.4) is 0 Å². The van der Waals surface area contributed by atoms with Crippen LogP contribution in [-0.4, -0.2) is 42.6 Å². The Bertz CT molecular complexity index is 730. The van der Waals surface area contributed by atoms with E-state index in [-0.39, 0.29) is 6.61 Å². The first kappa shape index (κ1) is 20.1. The molecule has 0 unspecified atom stereocenters. The van der Waals surface area contributed by atoms with E-state index in [1.54, 1.807) is 6.07 Å². The number of hydrogen-bond donors (Lipinski definition) is 3. The summed E-state index contributed by atoms with van der Waals surface area (Å²) in [6.45, 7) is 9.39. The van der Waals surface area contributed by atoms with Crippen molar-refractivity contribution in [2.75, 3.05) is 26.3 Å². The molecule has 0 aliphatic rings. The van der Waals surface area contributed by atoms with Gasteiger partial charge in [0.15, 0.2) is 0 Å². The second-order valence-corrected chi connectivity index (χ2v) is 6.57. The third-order valence-corrected chi connectivity index (χ3v) is 4.45. The molecule has 0 aliphatic carbocycles. The van der Waals surface area contributed by atoms with Crippen molar-refractivity contribution in [1.29, 1.82) is 0 Å². The SMILES string of the molecule is Cc1ccccc1OCCNC[C@@H](O)COc1cc(C)c(O)c(C)c1C. The summed E-state index contributed by atoms with van der Waals surface area (Å²) >= 11 is 0. The van der Waals surface area contributed by atoms with Gasteiger partial charge in [0.2, 0.25) is 0 Å². The lowest BCUT2D eigenvalue weighted by Gasteiger charge is -2.17. The summed E-state index contributed by atoms with van der Waals surface area (Å²) in [5.74, 6) is 1.87. The molecule has 2 aromatic rings. The first-order chi connectivity index (χ1) is 12.4. The van der Waals surface area contributed by atoms with E-state index < -0.39 is 6.10 Å². The van der Waals surface area contributed by atoms with Crippen molar-refractivity contribution in [2.24, 2.45) is 0 Å². The number of hydrogen-bond acceptors (Lipinski definition) is 5. The lowest BCUT2D eigenvalue weighted by molar-refractivity contribution is 0.105. The number of aliphatic hydroxyl groups is 1. The maximum absolute atomic E-state index is 10.1. The number of rotatable bonds is 9. The Morgan fingerprint density at radius 3 is 2.42 bits per heavy atom. The second-order valence-electron chi connectivity index (χ2n) is 6.57. The maximum atomic E-state index is 10.1. The average molecular weight is 359 g/mol. The molecule has 142 valence electrons. The smallest absolute Gasteiger partial charge is 0.123 e. The number of nitrogens with one attached hydrogen (secondary N) is 1. The molecule has 0 amide bonds. The van der Waals surface area contributed by atoms with Crippen LogP contribution in [0, 0.1) is 27.7 Å². The summed E-state index contributed by atoms with van der Waals surface area (Å²) in [6.07, 6.45) is -0.623. The molecule has 0 saturated carbocycles. The molecule has 1 atom stereocenters. The zero-order valence-electron chi connectivity index (χ0n) is 16.0. The van der Waals surface area contributed by atoms with E-state index in [2.05, 4.69) is 5.32 Å². The van der Waals surface area contributed by atoms with E-state index in [4.69, 9.17) is 9.47 Å². The maximum Gasteiger partial charge on any atom is 0.123 e. The number of aromatic hydroxyl groups is 1. The molecule has 0 fully saturated rings. The van der Waals surface area contributed by atoms with Crippen molar-refractivity contribution in [3.05, 3.63) is 52.6 Å². The minimum absolute atomic E-state index is 0.191. The number of aliphatic hydroxyl groups excluding tert-OH is 1. The first-order valence-electron chi connectivity index (χ1n) is 8.90. The summed E-state index contributed by atoms with van der Waals surface area (Å²) < 4.78 is 11.4. The van der Waals surface area contributed by atoms with Crippen molar-refractivity contribution in [3.63, 3.8) is 0 Å².